The number of carbonyl (C=O) groups is 1. The van der Waals surface area contributed by atoms with Gasteiger partial charge in [-0.25, -0.2) is 9.37 Å². The number of anilines is 1. The zero-order chi connectivity index (χ0) is 19.8. The summed E-state index contributed by atoms with van der Waals surface area (Å²) in [5.74, 6) is -0.554. The summed E-state index contributed by atoms with van der Waals surface area (Å²) in [6.07, 6.45) is 3.36. The lowest BCUT2D eigenvalue weighted by Crippen LogP contribution is -2.30. The van der Waals surface area contributed by atoms with E-state index < -0.39 is 5.82 Å². The summed E-state index contributed by atoms with van der Waals surface area (Å²) in [4.78, 5) is 23.4. The molecule has 29 heavy (non-hydrogen) atoms. The quantitative estimate of drug-likeness (QED) is 0.402. The maximum absolute atomic E-state index is 14.2. The smallest absolute Gasteiger partial charge is 0.296 e. The molecule has 0 N–H and O–H groups in total. The fourth-order valence-electron chi connectivity index (χ4n) is 3.14. The fourth-order valence-corrected chi connectivity index (χ4v) is 4.12. The van der Waals surface area contributed by atoms with Crippen molar-refractivity contribution in [3.05, 3.63) is 90.2 Å². The molecule has 0 spiro atoms. The molecule has 142 valence electrons. The molecule has 0 unspecified atom stereocenters. The molecule has 1 amide bonds. The Hall–Kier alpha value is -3.58. The van der Waals surface area contributed by atoms with E-state index in [0.717, 1.165) is 10.9 Å². The molecule has 3 aromatic heterocycles. The Morgan fingerprint density at radius 3 is 2.79 bits per heavy atom. The van der Waals surface area contributed by atoms with Crippen LogP contribution in [0, 0.1) is 5.82 Å². The number of carbonyl (C=O) groups excluding carboxylic acids is 1. The molecule has 5 aromatic rings. The van der Waals surface area contributed by atoms with Crippen molar-refractivity contribution in [1.29, 1.82) is 0 Å². The van der Waals surface area contributed by atoms with E-state index in [9.17, 15) is 9.18 Å². The second-order valence-electron chi connectivity index (χ2n) is 6.48. The van der Waals surface area contributed by atoms with Crippen LogP contribution in [0.3, 0.4) is 0 Å². The summed E-state index contributed by atoms with van der Waals surface area (Å²) in [6, 6.07) is 17.6. The van der Waals surface area contributed by atoms with Gasteiger partial charge in [0.1, 0.15) is 16.9 Å². The molecule has 0 bridgehead atoms. The van der Waals surface area contributed by atoms with E-state index in [1.165, 1.54) is 22.3 Å². The second-order valence-corrected chi connectivity index (χ2v) is 7.49. The van der Waals surface area contributed by atoms with E-state index in [2.05, 4.69) is 9.97 Å². The van der Waals surface area contributed by atoms with Gasteiger partial charge in [-0.15, -0.1) is 0 Å². The molecule has 0 fully saturated rings. The van der Waals surface area contributed by atoms with Crippen molar-refractivity contribution in [3.63, 3.8) is 0 Å². The summed E-state index contributed by atoms with van der Waals surface area (Å²) in [6.45, 7) is 0.241. The van der Waals surface area contributed by atoms with Gasteiger partial charge in [0.05, 0.1) is 11.2 Å². The molecule has 0 atom stereocenters. The topological polar surface area (TPSA) is 59.2 Å². The second kappa shape index (κ2) is 7.10. The normalized spacial score (nSPS) is 11.2. The predicted molar refractivity (Wildman–Crippen MR) is 111 cm³/mol. The molecule has 0 saturated heterocycles. The van der Waals surface area contributed by atoms with Crippen LogP contribution in [0.25, 0.3) is 21.2 Å². The number of hydrogen-bond donors (Lipinski definition) is 0. The zero-order valence-electron chi connectivity index (χ0n) is 15.1. The van der Waals surface area contributed by atoms with Gasteiger partial charge in [0.25, 0.3) is 5.91 Å². The molecular weight excluding hydrogens is 389 g/mol. The van der Waals surface area contributed by atoms with Crippen molar-refractivity contribution < 1.29 is 13.6 Å². The molecule has 0 radical (unpaired) electrons. The molecule has 3 heterocycles. The Kier molecular flexibility index (Phi) is 4.29. The maximum atomic E-state index is 14.2. The van der Waals surface area contributed by atoms with Gasteiger partial charge in [-0.2, -0.15) is 0 Å². The number of nitrogens with zero attached hydrogens (tertiary/aromatic N) is 3. The summed E-state index contributed by atoms with van der Waals surface area (Å²) in [5, 5.41) is 1.24. The van der Waals surface area contributed by atoms with Crippen LogP contribution in [0.4, 0.5) is 9.52 Å². The average Bonchev–Trinajstić information content (AvgIpc) is 3.37. The van der Waals surface area contributed by atoms with E-state index in [0.29, 0.717) is 15.4 Å². The Morgan fingerprint density at radius 2 is 2.00 bits per heavy atom. The molecule has 0 saturated carbocycles. The molecule has 0 aliphatic rings. The number of para-hydroxylation sites is 2. The van der Waals surface area contributed by atoms with Gasteiger partial charge >= 0.3 is 0 Å². The molecule has 7 heteroatoms. The number of hydrogen-bond acceptors (Lipinski definition) is 5. The third kappa shape index (κ3) is 3.25. The number of benzene rings is 2. The van der Waals surface area contributed by atoms with Crippen molar-refractivity contribution in [2.45, 2.75) is 6.54 Å². The van der Waals surface area contributed by atoms with Crippen LogP contribution in [-0.4, -0.2) is 15.9 Å². The monoisotopic (exact) mass is 403 g/mol. The molecule has 0 aliphatic heterocycles. The zero-order valence-corrected chi connectivity index (χ0v) is 15.9. The van der Waals surface area contributed by atoms with Crippen LogP contribution in [0.15, 0.2) is 77.5 Å². The van der Waals surface area contributed by atoms with Gasteiger partial charge in [0.15, 0.2) is 10.9 Å². The minimum absolute atomic E-state index is 0.204. The molecule has 5 nitrogen and oxygen atoms in total. The van der Waals surface area contributed by atoms with E-state index in [1.54, 1.807) is 36.7 Å². The van der Waals surface area contributed by atoms with Crippen LogP contribution < -0.4 is 4.90 Å². The first-order chi connectivity index (χ1) is 14.2. The van der Waals surface area contributed by atoms with E-state index in [4.69, 9.17) is 4.42 Å². The summed E-state index contributed by atoms with van der Waals surface area (Å²) < 4.78 is 20.6. The first-order valence-electron chi connectivity index (χ1n) is 8.93. The number of thiazole rings is 1. The van der Waals surface area contributed by atoms with Gasteiger partial charge in [-0.05, 0) is 35.9 Å². The van der Waals surface area contributed by atoms with Crippen molar-refractivity contribution in [1.82, 2.24) is 9.97 Å². The van der Waals surface area contributed by atoms with Gasteiger partial charge in [-0.3, -0.25) is 14.7 Å². The minimum Gasteiger partial charge on any atom is -0.451 e. The molecular formula is C22H14FN3O2S. The lowest BCUT2D eigenvalue weighted by atomic mass is 10.2. The summed E-state index contributed by atoms with van der Waals surface area (Å²) >= 11 is 1.26. The lowest BCUT2D eigenvalue weighted by molar-refractivity contribution is 0.0960. The van der Waals surface area contributed by atoms with Gasteiger partial charge < -0.3 is 4.42 Å². The first-order valence-corrected chi connectivity index (χ1v) is 9.75. The summed E-state index contributed by atoms with van der Waals surface area (Å²) in [5.41, 5.74) is 1.71. The number of halogens is 1. The number of pyridine rings is 1. The Morgan fingerprint density at radius 1 is 1.10 bits per heavy atom. The average molecular weight is 403 g/mol. The maximum Gasteiger partial charge on any atom is 0.296 e. The molecule has 2 aromatic carbocycles. The number of fused-ring (bicyclic) bond motifs is 2. The van der Waals surface area contributed by atoms with E-state index >= 15 is 0 Å². The van der Waals surface area contributed by atoms with Crippen molar-refractivity contribution >= 4 is 43.6 Å². The van der Waals surface area contributed by atoms with Crippen molar-refractivity contribution in [3.8, 4) is 0 Å². The summed E-state index contributed by atoms with van der Waals surface area (Å²) in [7, 11) is 0. The van der Waals surface area contributed by atoms with Gasteiger partial charge in [0.2, 0.25) is 0 Å². The highest BCUT2D eigenvalue weighted by Gasteiger charge is 2.25. The van der Waals surface area contributed by atoms with Crippen LogP contribution >= 0.6 is 11.3 Å². The Labute approximate surface area is 169 Å². The number of aromatic nitrogens is 2. The van der Waals surface area contributed by atoms with Crippen LogP contribution in [0.1, 0.15) is 16.1 Å². The Bertz CT molecular complexity index is 1300. The van der Waals surface area contributed by atoms with Crippen molar-refractivity contribution in [2.24, 2.45) is 0 Å². The Balaban J connectivity index is 1.60. The lowest BCUT2D eigenvalue weighted by Gasteiger charge is -2.18. The molecule has 0 aliphatic carbocycles. The number of amides is 1. The third-order valence-electron chi connectivity index (χ3n) is 4.53. The minimum atomic E-state index is -0.414. The SMILES string of the molecule is O=C(c1cc2ccccc2o1)N(Cc1cccnc1)c1nc2c(F)cccc2s1. The largest absolute Gasteiger partial charge is 0.451 e. The highest BCUT2D eigenvalue weighted by molar-refractivity contribution is 7.22. The third-order valence-corrected chi connectivity index (χ3v) is 5.58. The highest BCUT2D eigenvalue weighted by atomic mass is 32.1. The van der Waals surface area contributed by atoms with E-state index in [-0.39, 0.29) is 23.7 Å². The number of furan rings is 1. The predicted octanol–water partition coefficient (Wildman–Crippen LogP) is 5.42. The van der Waals surface area contributed by atoms with Crippen molar-refractivity contribution in [2.75, 3.05) is 4.90 Å². The van der Waals surface area contributed by atoms with Crippen LogP contribution in [0.2, 0.25) is 0 Å². The van der Waals surface area contributed by atoms with Gasteiger partial charge in [0, 0.05) is 17.8 Å². The van der Waals surface area contributed by atoms with Gasteiger partial charge in [-0.1, -0.05) is 41.7 Å². The first kappa shape index (κ1) is 17.5. The number of rotatable bonds is 4. The van der Waals surface area contributed by atoms with E-state index in [1.807, 2.05) is 30.3 Å². The fraction of sp³-hybridized carbons (Fsp3) is 0.0455. The van der Waals surface area contributed by atoms with Crippen LogP contribution in [0.5, 0.6) is 0 Å². The standard InChI is InChI=1S/C22H14FN3O2S/c23-16-7-3-9-19-20(16)25-22(29-19)26(13-14-5-4-10-24-12-14)21(27)18-11-15-6-1-2-8-17(15)28-18/h1-12H,13H2. The van der Waals surface area contributed by atoms with Crippen LogP contribution in [-0.2, 0) is 6.54 Å². The molecule has 5 rings (SSSR count). The highest BCUT2D eigenvalue weighted by Crippen LogP contribution is 2.32.